The van der Waals surface area contributed by atoms with Crippen LogP contribution in [-0.2, 0) is 20.8 Å². The van der Waals surface area contributed by atoms with Gasteiger partial charge >= 0.3 is 5.97 Å². The van der Waals surface area contributed by atoms with Crippen LogP contribution < -0.4 is 14.8 Å². The molecular formula is C15H20N2O5. The molecule has 1 amide bonds. The zero-order valence-corrected chi connectivity index (χ0v) is 13.1. The predicted octanol–water partition coefficient (Wildman–Crippen LogP) is 1.30. The van der Waals surface area contributed by atoms with Crippen molar-refractivity contribution in [2.75, 3.05) is 20.8 Å². The van der Waals surface area contributed by atoms with Gasteiger partial charge in [-0.3, -0.25) is 4.79 Å². The van der Waals surface area contributed by atoms with E-state index in [1.165, 1.54) is 13.8 Å². The molecule has 1 aromatic carbocycles. The van der Waals surface area contributed by atoms with Crippen LogP contribution in [0.1, 0.15) is 19.4 Å². The van der Waals surface area contributed by atoms with Gasteiger partial charge in [-0.25, -0.2) is 4.79 Å². The van der Waals surface area contributed by atoms with Gasteiger partial charge in [-0.15, -0.1) is 0 Å². The molecule has 0 unspecified atom stereocenters. The van der Waals surface area contributed by atoms with Crippen LogP contribution in [0.4, 0.5) is 0 Å². The van der Waals surface area contributed by atoms with Crippen molar-refractivity contribution in [1.29, 1.82) is 0 Å². The van der Waals surface area contributed by atoms with E-state index in [0.29, 0.717) is 24.5 Å². The number of carbonyl (C=O) groups excluding carboxylic acids is 2. The number of benzene rings is 1. The molecular weight excluding hydrogens is 288 g/mol. The van der Waals surface area contributed by atoms with Crippen molar-refractivity contribution in [3.63, 3.8) is 0 Å². The van der Waals surface area contributed by atoms with Gasteiger partial charge in [0.25, 0.3) is 5.91 Å². The SMILES string of the molecule is COc1ccc(CCNC(=O)/C(C)=N\OC(C)=O)cc1OC. The largest absolute Gasteiger partial charge is 0.493 e. The molecule has 120 valence electrons. The van der Waals surface area contributed by atoms with Crippen LogP contribution in [0.2, 0.25) is 0 Å². The maximum Gasteiger partial charge on any atom is 0.331 e. The standard InChI is InChI=1S/C15H20N2O5/c1-10(17-22-11(2)18)15(19)16-8-7-12-5-6-13(20-3)14(9-12)21-4/h5-6,9H,7-8H2,1-4H3,(H,16,19)/b17-10-. The van der Waals surface area contributed by atoms with Gasteiger partial charge in [0.05, 0.1) is 14.2 Å². The van der Waals surface area contributed by atoms with E-state index in [4.69, 9.17) is 9.47 Å². The quantitative estimate of drug-likeness (QED) is 0.466. The van der Waals surface area contributed by atoms with Gasteiger partial charge in [0.1, 0.15) is 5.71 Å². The Labute approximate surface area is 129 Å². The van der Waals surface area contributed by atoms with E-state index in [0.717, 1.165) is 5.56 Å². The molecule has 0 heterocycles. The van der Waals surface area contributed by atoms with Crippen LogP contribution in [-0.4, -0.2) is 38.4 Å². The Morgan fingerprint density at radius 3 is 2.41 bits per heavy atom. The Kier molecular flexibility index (Phi) is 6.88. The van der Waals surface area contributed by atoms with Crippen LogP contribution in [0, 0.1) is 0 Å². The molecule has 0 aliphatic rings. The van der Waals surface area contributed by atoms with E-state index in [2.05, 4.69) is 15.3 Å². The molecule has 22 heavy (non-hydrogen) atoms. The van der Waals surface area contributed by atoms with Crippen molar-refractivity contribution >= 4 is 17.6 Å². The fourth-order valence-corrected chi connectivity index (χ4v) is 1.66. The minimum Gasteiger partial charge on any atom is -0.493 e. The van der Waals surface area contributed by atoms with E-state index < -0.39 is 5.97 Å². The molecule has 0 aliphatic heterocycles. The van der Waals surface area contributed by atoms with Gasteiger partial charge < -0.3 is 19.6 Å². The minimum absolute atomic E-state index is 0.0857. The Morgan fingerprint density at radius 1 is 1.14 bits per heavy atom. The maximum absolute atomic E-state index is 11.7. The number of rotatable bonds is 7. The van der Waals surface area contributed by atoms with Crippen molar-refractivity contribution in [2.24, 2.45) is 5.16 Å². The first kappa shape index (κ1) is 17.5. The smallest absolute Gasteiger partial charge is 0.331 e. The van der Waals surface area contributed by atoms with Crippen LogP contribution in [0.25, 0.3) is 0 Å². The molecule has 7 nitrogen and oxygen atoms in total. The van der Waals surface area contributed by atoms with E-state index in [1.54, 1.807) is 14.2 Å². The first-order chi connectivity index (χ1) is 10.5. The zero-order chi connectivity index (χ0) is 16.5. The lowest BCUT2D eigenvalue weighted by Crippen LogP contribution is -2.31. The summed E-state index contributed by atoms with van der Waals surface area (Å²) in [5, 5.41) is 6.11. The summed E-state index contributed by atoms with van der Waals surface area (Å²) in [6, 6.07) is 5.56. The lowest BCUT2D eigenvalue weighted by molar-refractivity contribution is -0.140. The summed E-state index contributed by atoms with van der Waals surface area (Å²) < 4.78 is 10.4. The van der Waals surface area contributed by atoms with Crippen molar-refractivity contribution in [3.8, 4) is 11.5 Å². The predicted molar refractivity (Wildman–Crippen MR) is 81.1 cm³/mol. The third-order valence-corrected chi connectivity index (χ3v) is 2.79. The summed E-state index contributed by atoms with van der Waals surface area (Å²) in [5.74, 6) is 0.331. The van der Waals surface area contributed by atoms with Crippen LogP contribution in [0.3, 0.4) is 0 Å². The number of hydrogen-bond acceptors (Lipinski definition) is 6. The highest BCUT2D eigenvalue weighted by molar-refractivity contribution is 6.37. The Hall–Kier alpha value is -2.57. The van der Waals surface area contributed by atoms with Crippen molar-refractivity contribution < 1.29 is 23.9 Å². The van der Waals surface area contributed by atoms with Gasteiger partial charge in [0.2, 0.25) is 0 Å². The lowest BCUT2D eigenvalue weighted by Gasteiger charge is -2.10. The number of methoxy groups -OCH3 is 2. The van der Waals surface area contributed by atoms with Crippen LogP contribution >= 0.6 is 0 Å². The highest BCUT2D eigenvalue weighted by atomic mass is 16.7. The number of ether oxygens (including phenoxy) is 2. The molecule has 1 aromatic rings. The summed E-state index contributed by atoms with van der Waals surface area (Å²) in [4.78, 5) is 26.7. The second-order valence-corrected chi connectivity index (χ2v) is 4.45. The lowest BCUT2D eigenvalue weighted by atomic mass is 10.1. The molecule has 0 fully saturated rings. The number of amides is 1. The van der Waals surface area contributed by atoms with E-state index in [1.807, 2.05) is 18.2 Å². The van der Waals surface area contributed by atoms with Crippen molar-refractivity contribution in [1.82, 2.24) is 5.32 Å². The topological polar surface area (TPSA) is 86.2 Å². The van der Waals surface area contributed by atoms with Gasteiger partial charge in [0.15, 0.2) is 11.5 Å². The molecule has 0 aliphatic carbocycles. The zero-order valence-electron chi connectivity index (χ0n) is 13.1. The number of nitrogens with one attached hydrogen (secondary N) is 1. The molecule has 0 bridgehead atoms. The Balaban J connectivity index is 2.52. The fraction of sp³-hybridized carbons (Fsp3) is 0.400. The molecule has 0 aromatic heterocycles. The summed E-state index contributed by atoms with van der Waals surface area (Å²) in [6.45, 7) is 3.10. The summed E-state index contributed by atoms with van der Waals surface area (Å²) in [5.41, 5.74) is 1.08. The van der Waals surface area contributed by atoms with Gasteiger partial charge in [-0.05, 0) is 31.0 Å². The number of nitrogens with zero attached hydrogens (tertiary/aromatic N) is 1. The van der Waals surface area contributed by atoms with Crippen LogP contribution in [0.5, 0.6) is 11.5 Å². The van der Waals surface area contributed by atoms with E-state index in [-0.39, 0.29) is 11.6 Å². The second kappa shape index (κ2) is 8.66. The first-order valence-corrected chi connectivity index (χ1v) is 6.69. The molecule has 1 N–H and O–H groups in total. The average molecular weight is 308 g/mol. The molecule has 0 saturated carbocycles. The molecule has 1 rings (SSSR count). The molecule has 0 saturated heterocycles. The molecule has 0 atom stereocenters. The van der Waals surface area contributed by atoms with Crippen molar-refractivity contribution in [3.05, 3.63) is 23.8 Å². The average Bonchev–Trinajstić information content (AvgIpc) is 2.52. The third-order valence-electron chi connectivity index (χ3n) is 2.79. The summed E-state index contributed by atoms with van der Waals surface area (Å²) >= 11 is 0. The Bertz CT molecular complexity index is 569. The molecule has 0 spiro atoms. The van der Waals surface area contributed by atoms with E-state index in [9.17, 15) is 9.59 Å². The first-order valence-electron chi connectivity index (χ1n) is 6.69. The Morgan fingerprint density at radius 2 is 1.82 bits per heavy atom. The van der Waals surface area contributed by atoms with Crippen LogP contribution in [0.15, 0.2) is 23.4 Å². The fourth-order valence-electron chi connectivity index (χ4n) is 1.66. The highest BCUT2D eigenvalue weighted by Gasteiger charge is 2.08. The number of oxime groups is 1. The normalized spacial score (nSPS) is 10.8. The number of carbonyl (C=O) groups is 2. The highest BCUT2D eigenvalue weighted by Crippen LogP contribution is 2.27. The summed E-state index contributed by atoms with van der Waals surface area (Å²) in [6.07, 6.45) is 0.618. The maximum atomic E-state index is 11.7. The minimum atomic E-state index is -0.572. The third kappa shape index (κ3) is 5.43. The van der Waals surface area contributed by atoms with Gasteiger partial charge in [0, 0.05) is 13.5 Å². The number of hydrogen-bond donors (Lipinski definition) is 1. The van der Waals surface area contributed by atoms with Crippen molar-refractivity contribution in [2.45, 2.75) is 20.3 Å². The molecule has 0 radical (unpaired) electrons. The van der Waals surface area contributed by atoms with E-state index >= 15 is 0 Å². The monoisotopic (exact) mass is 308 g/mol. The molecule has 7 heteroatoms. The second-order valence-electron chi connectivity index (χ2n) is 4.45. The summed E-state index contributed by atoms with van der Waals surface area (Å²) in [7, 11) is 3.14. The van der Waals surface area contributed by atoms with Gasteiger partial charge in [-0.1, -0.05) is 11.2 Å². The van der Waals surface area contributed by atoms with Gasteiger partial charge in [-0.2, -0.15) is 0 Å².